The van der Waals surface area contributed by atoms with E-state index >= 15 is 0 Å². The summed E-state index contributed by atoms with van der Waals surface area (Å²) in [7, 11) is 0. The lowest BCUT2D eigenvalue weighted by Crippen LogP contribution is -2.28. The molecule has 1 amide bonds. The van der Waals surface area contributed by atoms with Crippen molar-refractivity contribution < 1.29 is 18.3 Å². The van der Waals surface area contributed by atoms with Crippen LogP contribution in [0.25, 0.3) is 0 Å². The van der Waals surface area contributed by atoms with E-state index in [9.17, 15) is 9.18 Å². The van der Waals surface area contributed by atoms with Crippen LogP contribution in [0, 0.1) is 11.7 Å². The van der Waals surface area contributed by atoms with Crippen molar-refractivity contribution in [2.75, 3.05) is 6.61 Å². The number of hydrogen-bond donors (Lipinski definition) is 1. The zero-order valence-electron chi connectivity index (χ0n) is 14.3. The van der Waals surface area contributed by atoms with Crippen molar-refractivity contribution in [2.24, 2.45) is 5.92 Å². The highest BCUT2D eigenvalue weighted by Crippen LogP contribution is 2.46. The zero-order chi connectivity index (χ0) is 18.7. The Morgan fingerprint density at radius 1 is 1.50 bits per heavy atom. The lowest BCUT2D eigenvalue weighted by Gasteiger charge is -2.09. The second-order valence-electron chi connectivity index (χ2n) is 6.37. The average molecular weight is 380 g/mol. The maximum Gasteiger partial charge on any atom is 0.262 e. The van der Waals surface area contributed by atoms with Gasteiger partial charge in [0.1, 0.15) is 11.6 Å². The van der Waals surface area contributed by atoms with Gasteiger partial charge >= 0.3 is 0 Å². The fourth-order valence-electron chi connectivity index (χ4n) is 2.45. The number of halogens is 2. The number of nitrogens with zero attached hydrogens (tertiary/aromatic N) is 2. The van der Waals surface area contributed by atoms with Gasteiger partial charge in [-0.3, -0.25) is 4.79 Å². The highest BCUT2D eigenvalue weighted by molar-refractivity contribution is 6.30. The Balaban J connectivity index is 1.39. The number of benzene rings is 1. The number of amides is 1. The van der Waals surface area contributed by atoms with Crippen LogP contribution in [0.15, 0.2) is 34.9 Å². The summed E-state index contributed by atoms with van der Waals surface area (Å²) in [5.74, 6) is 1.44. The molecule has 6 nitrogen and oxygen atoms in total. The Bertz CT molecular complexity index is 824. The Kier molecular flexibility index (Phi) is 5.56. The third-order valence-corrected chi connectivity index (χ3v) is 4.43. The van der Waals surface area contributed by atoms with Crippen LogP contribution >= 0.6 is 11.6 Å². The number of hydrogen-bond acceptors (Lipinski definition) is 5. The second-order valence-corrected chi connectivity index (χ2v) is 6.78. The van der Waals surface area contributed by atoms with Crippen LogP contribution in [-0.4, -0.2) is 22.7 Å². The quantitative estimate of drug-likeness (QED) is 0.757. The second kappa shape index (κ2) is 7.86. The lowest BCUT2D eigenvalue weighted by atomic mass is 10.2. The number of aromatic nitrogens is 2. The van der Waals surface area contributed by atoms with E-state index in [1.54, 1.807) is 0 Å². The first-order chi connectivity index (χ1) is 12.4. The SMILES string of the molecule is C=C(CCc1nnc([C@H]2C[C@@H]2C)o1)NC(=O)COc1ccc(Cl)c(F)c1. The van der Waals surface area contributed by atoms with Gasteiger partial charge in [0.25, 0.3) is 5.91 Å². The Hall–Kier alpha value is -2.41. The number of ether oxygens (including phenoxy) is 1. The molecule has 0 unspecified atom stereocenters. The van der Waals surface area contributed by atoms with Gasteiger partial charge < -0.3 is 14.5 Å². The molecule has 2 atom stereocenters. The first-order valence-electron chi connectivity index (χ1n) is 8.30. The zero-order valence-corrected chi connectivity index (χ0v) is 15.1. The molecule has 138 valence electrons. The standard InChI is InChI=1S/C18H19ClFN3O3/c1-10-7-13(10)18-23-22-17(26-18)6-3-11(2)21-16(24)9-25-12-4-5-14(19)15(20)8-12/h4-5,8,10,13H,2-3,6-7,9H2,1H3,(H,21,24)/t10-,13-/m0/s1. The maximum atomic E-state index is 13.3. The fraction of sp³-hybridized carbons (Fsp3) is 0.389. The van der Waals surface area contributed by atoms with Crippen LogP contribution < -0.4 is 10.1 Å². The van der Waals surface area contributed by atoms with E-state index in [-0.39, 0.29) is 23.3 Å². The summed E-state index contributed by atoms with van der Waals surface area (Å²) in [4.78, 5) is 11.9. The van der Waals surface area contributed by atoms with Gasteiger partial charge in [-0.15, -0.1) is 10.2 Å². The van der Waals surface area contributed by atoms with Crippen LogP contribution in [0.5, 0.6) is 5.75 Å². The van der Waals surface area contributed by atoms with Gasteiger partial charge in [-0.1, -0.05) is 25.1 Å². The Labute approximate surface area is 155 Å². The van der Waals surface area contributed by atoms with E-state index in [0.29, 0.717) is 42.2 Å². The van der Waals surface area contributed by atoms with Crippen molar-refractivity contribution in [3.8, 4) is 5.75 Å². The highest BCUT2D eigenvalue weighted by atomic mass is 35.5. The number of carbonyl (C=O) groups excluding carboxylic acids is 1. The third-order valence-electron chi connectivity index (χ3n) is 4.13. The average Bonchev–Trinajstić information content (AvgIpc) is 3.15. The number of carbonyl (C=O) groups is 1. The molecule has 0 aliphatic heterocycles. The summed E-state index contributed by atoms with van der Waals surface area (Å²) in [5.41, 5.74) is 0.514. The topological polar surface area (TPSA) is 77.3 Å². The smallest absolute Gasteiger partial charge is 0.262 e. The van der Waals surface area contributed by atoms with E-state index in [1.165, 1.54) is 12.1 Å². The predicted octanol–water partition coefficient (Wildman–Crippen LogP) is 3.63. The molecule has 26 heavy (non-hydrogen) atoms. The monoisotopic (exact) mass is 379 g/mol. The predicted molar refractivity (Wildman–Crippen MR) is 93.3 cm³/mol. The molecule has 1 aromatic heterocycles. The molecular weight excluding hydrogens is 361 g/mol. The van der Waals surface area contributed by atoms with Crippen LogP contribution in [0.4, 0.5) is 4.39 Å². The molecule has 0 spiro atoms. The van der Waals surface area contributed by atoms with Crippen LogP contribution in [0.2, 0.25) is 5.02 Å². The molecule has 1 heterocycles. The van der Waals surface area contributed by atoms with Crippen LogP contribution in [-0.2, 0) is 11.2 Å². The molecule has 1 aliphatic carbocycles. The van der Waals surface area contributed by atoms with E-state index in [0.717, 1.165) is 12.5 Å². The van der Waals surface area contributed by atoms with Crippen molar-refractivity contribution in [3.05, 3.63) is 53.1 Å². The molecular formula is C18H19ClFN3O3. The van der Waals surface area contributed by atoms with Gasteiger partial charge in [-0.2, -0.15) is 0 Å². The Morgan fingerprint density at radius 3 is 2.96 bits per heavy atom. The molecule has 1 aliphatic rings. The maximum absolute atomic E-state index is 13.3. The molecule has 0 radical (unpaired) electrons. The number of allylic oxidation sites excluding steroid dienone is 1. The number of aryl methyl sites for hydroxylation is 1. The summed E-state index contributed by atoms with van der Waals surface area (Å²) in [6.45, 7) is 5.69. The van der Waals surface area contributed by atoms with Crippen LogP contribution in [0.3, 0.4) is 0 Å². The third kappa shape index (κ3) is 4.82. The molecule has 2 aromatic rings. The summed E-state index contributed by atoms with van der Waals surface area (Å²) in [5, 5.41) is 10.7. The van der Waals surface area contributed by atoms with E-state index in [4.69, 9.17) is 20.8 Å². The van der Waals surface area contributed by atoms with Crippen molar-refractivity contribution in [1.29, 1.82) is 0 Å². The van der Waals surface area contributed by atoms with E-state index in [1.807, 2.05) is 0 Å². The largest absolute Gasteiger partial charge is 0.484 e. The first kappa shape index (κ1) is 18.4. The first-order valence-corrected chi connectivity index (χ1v) is 8.68. The molecule has 0 saturated heterocycles. The van der Waals surface area contributed by atoms with Crippen molar-refractivity contribution >= 4 is 17.5 Å². The van der Waals surface area contributed by atoms with Crippen LogP contribution in [0.1, 0.15) is 37.5 Å². The van der Waals surface area contributed by atoms with Crippen molar-refractivity contribution in [2.45, 2.75) is 32.1 Å². The highest BCUT2D eigenvalue weighted by Gasteiger charge is 2.38. The van der Waals surface area contributed by atoms with Gasteiger partial charge in [0, 0.05) is 24.1 Å². The molecule has 1 fully saturated rings. The Morgan fingerprint density at radius 2 is 2.27 bits per heavy atom. The minimum atomic E-state index is -0.603. The summed E-state index contributed by atoms with van der Waals surface area (Å²) >= 11 is 5.59. The lowest BCUT2D eigenvalue weighted by molar-refractivity contribution is -0.122. The van der Waals surface area contributed by atoms with E-state index < -0.39 is 5.82 Å². The van der Waals surface area contributed by atoms with Crippen molar-refractivity contribution in [1.82, 2.24) is 15.5 Å². The number of nitrogens with one attached hydrogen (secondary N) is 1. The number of rotatable bonds is 8. The minimum Gasteiger partial charge on any atom is -0.484 e. The fourth-order valence-corrected chi connectivity index (χ4v) is 2.57. The molecule has 1 aromatic carbocycles. The molecule has 8 heteroatoms. The normalized spacial score (nSPS) is 18.4. The summed E-state index contributed by atoms with van der Waals surface area (Å²) in [6, 6.07) is 3.98. The van der Waals surface area contributed by atoms with Gasteiger partial charge in [-0.05, 0) is 30.9 Å². The molecule has 1 saturated carbocycles. The molecule has 0 bridgehead atoms. The van der Waals surface area contributed by atoms with Gasteiger partial charge in [0.2, 0.25) is 11.8 Å². The molecule has 1 N–H and O–H groups in total. The summed E-state index contributed by atoms with van der Waals surface area (Å²) in [6.07, 6.45) is 2.06. The van der Waals surface area contributed by atoms with Crippen molar-refractivity contribution in [3.63, 3.8) is 0 Å². The minimum absolute atomic E-state index is 0.00416. The van der Waals surface area contributed by atoms with Gasteiger partial charge in [0.15, 0.2) is 6.61 Å². The summed E-state index contributed by atoms with van der Waals surface area (Å²) < 4.78 is 24.1. The van der Waals surface area contributed by atoms with Gasteiger partial charge in [-0.25, -0.2) is 4.39 Å². The van der Waals surface area contributed by atoms with E-state index in [2.05, 4.69) is 29.0 Å². The van der Waals surface area contributed by atoms with Gasteiger partial charge in [0.05, 0.1) is 5.02 Å². The molecule has 3 rings (SSSR count).